The molecule has 3 nitrogen and oxygen atoms in total. The number of benzene rings is 2. The first kappa shape index (κ1) is 15.6. The molecule has 0 atom stereocenters. The van der Waals surface area contributed by atoms with Crippen LogP contribution >= 0.6 is 12.4 Å². The van der Waals surface area contributed by atoms with Gasteiger partial charge in [-0.15, -0.1) is 12.4 Å². The summed E-state index contributed by atoms with van der Waals surface area (Å²) in [5.74, 6) is 1.02. The monoisotopic (exact) mass is 325 g/mol. The van der Waals surface area contributed by atoms with Gasteiger partial charge in [-0.05, 0) is 37.1 Å². The standard InChI is InChI=1S/C19H19N3.ClH/c1-12-3-5-14(6-4-12)15-7-8-17-16(11-15)18(13(2)22-17)19-20-9-10-21-19;/h3-8,11,22H,9-10H2,1-2H3,(H,20,21);1H. The largest absolute Gasteiger partial charge is 0.368 e. The Bertz CT molecular complexity index is 876. The van der Waals surface area contributed by atoms with E-state index in [1.807, 2.05) is 0 Å². The van der Waals surface area contributed by atoms with Crippen LogP contribution in [0.15, 0.2) is 47.5 Å². The molecule has 4 heteroatoms. The second kappa shape index (κ2) is 6.09. The number of hydrogen-bond acceptors (Lipinski definition) is 2. The van der Waals surface area contributed by atoms with E-state index in [-0.39, 0.29) is 12.4 Å². The highest BCUT2D eigenvalue weighted by atomic mass is 35.5. The molecule has 3 aromatic rings. The van der Waals surface area contributed by atoms with Crippen molar-refractivity contribution in [2.75, 3.05) is 13.1 Å². The molecule has 23 heavy (non-hydrogen) atoms. The van der Waals surface area contributed by atoms with E-state index in [9.17, 15) is 0 Å². The zero-order chi connectivity index (χ0) is 15.1. The predicted molar refractivity (Wildman–Crippen MR) is 99.9 cm³/mol. The van der Waals surface area contributed by atoms with Crippen molar-refractivity contribution < 1.29 is 0 Å². The van der Waals surface area contributed by atoms with Crippen LogP contribution in [0.2, 0.25) is 0 Å². The van der Waals surface area contributed by atoms with Crippen molar-refractivity contribution in [1.82, 2.24) is 10.3 Å². The lowest BCUT2D eigenvalue weighted by molar-refractivity contribution is 0.960. The summed E-state index contributed by atoms with van der Waals surface area (Å²) in [4.78, 5) is 8.06. The van der Waals surface area contributed by atoms with Crippen molar-refractivity contribution in [3.05, 3.63) is 59.3 Å². The Kier molecular flexibility index (Phi) is 4.14. The molecule has 2 aromatic carbocycles. The number of fused-ring (bicyclic) bond motifs is 1. The number of aryl methyl sites for hydroxylation is 2. The van der Waals surface area contributed by atoms with Gasteiger partial charge in [0, 0.05) is 28.7 Å². The minimum atomic E-state index is 0. The highest BCUT2D eigenvalue weighted by Gasteiger charge is 2.17. The third-order valence-corrected chi connectivity index (χ3v) is 4.28. The first-order chi connectivity index (χ1) is 10.7. The van der Waals surface area contributed by atoms with Crippen molar-refractivity contribution in [3.63, 3.8) is 0 Å². The minimum absolute atomic E-state index is 0. The molecule has 118 valence electrons. The molecule has 0 fully saturated rings. The average molecular weight is 326 g/mol. The Balaban J connectivity index is 0.00000156. The zero-order valence-corrected chi connectivity index (χ0v) is 14.1. The summed E-state index contributed by atoms with van der Waals surface area (Å²) < 4.78 is 0. The fourth-order valence-electron chi connectivity index (χ4n) is 3.12. The summed E-state index contributed by atoms with van der Waals surface area (Å²) >= 11 is 0. The van der Waals surface area contributed by atoms with Crippen molar-refractivity contribution in [2.45, 2.75) is 13.8 Å². The van der Waals surface area contributed by atoms with E-state index in [4.69, 9.17) is 0 Å². The fourth-order valence-corrected chi connectivity index (χ4v) is 3.12. The number of amidine groups is 1. The lowest BCUT2D eigenvalue weighted by Gasteiger charge is -2.05. The smallest absolute Gasteiger partial charge is 0.130 e. The minimum Gasteiger partial charge on any atom is -0.368 e. The molecule has 2 heterocycles. The SMILES string of the molecule is Cc1ccc(-c2ccc3[nH]c(C)c(C4=NCCN4)c3c2)cc1.Cl. The molecule has 0 saturated carbocycles. The number of aromatic amines is 1. The molecule has 4 rings (SSSR count). The number of H-pyrrole nitrogens is 1. The maximum absolute atomic E-state index is 4.59. The molecule has 0 radical (unpaired) electrons. The van der Waals surface area contributed by atoms with Crippen LogP contribution in [0.25, 0.3) is 22.0 Å². The van der Waals surface area contributed by atoms with E-state index < -0.39 is 0 Å². The molecule has 1 aliphatic heterocycles. The molecule has 2 N–H and O–H groups in total. The van der Waals surface area contributed by atoms with Gasteiger partial charge in [0.05, 0.1) is 6.54 Å². The van der Waals surface area contributed by atoms with Gasteiger partial charge in [0.15, 0.2) is 0 Å². The van der Waals surface area contributed by atoms with Crippen LogP contribution in [-0.2, 0) is 0 Å². The van der Waals surface area contributed by atoms with Crippen molar-refractivity contribution in [2.24, 2.45) is 4.99 Å². The second-order valence-corrected chi connectivity index (χ2v) is 5.91. The van der Waals surface area contributed by atoms with Crippen molar-refractivity contribution >= 4 is 29.1 Å². The van der Waals surface area contributed by atoms with E-state index >= 15 is 0 Å². The Morgan fingerprint density at radius 3 is 2.39 bits per heavy atom. The first-order valence-electron chi connectivity index (χ1n) is 7.70. The normalized spacial score (nSPS) is 13.6. The number of hydrogen-bond donors (Lipinski definition) is 2. The molecule has 0 saturated heterocycles. The van der Waals surface area contributed by atoms with Crippen LogP contribution in [-0.4, -0.2) is 23.9 Å². The highest BCUT2D eigenvalue weighted by molar-refractivity contribution is 6.12. The van der Waals surface area contributed by atoms with Gasteiger partial charge in [-0.2, -0.15) is 0 Å². The van der Waals surface area contributed by atoms with E-state index in [0.29, 0.717) is 0 Å². The van der Waals surface area contributed by atoms with Gasteiger partial charge in [0.2, 0.25) is 0 Å². The summed E-state index contributed by atoms with van der Waals surface area (Å²) in [5.41, 5.74) is 7.32. The molecule has 0 aliphatic carbocycles. The number of halogens is 1. The molecule has 0 bridgehead atoms. The van der Waals surface area contributed by atoms with Crippen LogP contribution in [0.5, 0.6) is 0 Å². The van der Waals surface area contributed by atoms with Gasteiger partial charge in [0.25, 0.3) is 0 Å². The quantitative estimate of drug-likeness (QED) is 0.727. The molecular weight excluding hydrogens is 306 g/mol. The van der Waals surface area contributed by atoms with Crippen LogP contribution in [0, 0.1) is 13.8 Å². The third-order valence-electron chi connectivity index (χ3n) is 4.28. The van der Waals surface area contributed by atoms with E-state index in [1.54, 1.807) is 0 Å². The van der Waals surface area contributed by atoms with Gasteiger partial charge in [-0.25, -0.2) is 0 Å². The third kappa shape index (κ3) is 2.73. The average Bonchev–Trinajstić information content (AvgIpc) is 3.13. The maximum Gasteiger partial charge on any atom is 0.130 e. The van der Waals surface area contributed by atoms with Gasteiger partial charge >= 0.3 is 0 Å². The summed E-state index contributed by atoms with van der Waals surface area (Å²) in [5, 5.41) is 4.63. The lowest BCUT2D eigenvalue weighted by Crippen LogP contribution is -2.19. The topological polar surface area (TPSA) is 40.2 Å². The molecule has 1 aromatic heterocycles. The van der Waals surface area contributed by atoms with Crippen LogP contribution < -0.4 is 5.32 Å². The molecular formula is C19H20ClN3. The molecule has 1 aliphatic rings. The number of aromatic nitrogens is 1. The summed E-state index contributed by atoms with van der Waals surface area (Å²) in [6.07, 6.45) is 0. The number of nitrogens with one attached hydrogen (secondary N) is 2. The van der Waals surface area contributed by atoms with Gasteiger partial charge in [0.1, 0.15) is 5.84 Å². The summed E-state index contributed by atoms with van der Waals surface area (Å²) in [7, 11) is 0. The Labute approximate surface area is 142 Å². The number of nitrogens with zero attached hydrogens (tertiary/aromatic N) is 1. The zero-order valence-electron chi connectivity index (χ0n) is 13.3. The summed E-state index contributed by atoms with van der Waals surface area (Å²) in [6, 6.07) is 15.3. The van der Waals surface area contributed by atoms with Crippen molar-refractivity contribution in [3.8, 4) is 11.1 Å². The van der Waals surface area contributed by atoms with E-state index in [0.717, 1.165) is 18.9 Å². The first-order valence-corrected chi connectivity index (χ1v) is 7.70. The molecule has 0 spiro atoms. The van der Waals surface area contributed by atoms with Crippen LogP contribution in [0.3, 0.4) is 0 Å². The van der Waals surface area contributed by atoms with Crippen LogP contribution in [0.1, 0.15) is 16.8 Å². The van der Waals surface area contributed by atoms with E-state index in [1.165, 1.54) is 38.9 Å². The molecule has 0 amide bonds. The Hall–Kier alpha value is -2.26. The fraction of sp³-hybridized carbons (Fsp3) is 0.211. The predicted octanol–water partition coefficient (Wildman–Crippen LogP) is 4.22. The maximum atomic E-state index is 4.59. The second-order valence-electron chi connectivity index (χ2n) is 5.91. The van der Waals surface area contributed by atoms with Crippen molar-refractivity contribution in [1.29, 1.82) is 0 Å². The lowest BCUT2D eigenvalue weighted by atomic mass is 10.0. The molecule has 0 unspecified atom stereocenters. The van der Waals surface area contributed by atoms with Gasteiger partial charge < -0.3 is 10.3 Å². The Morgan fingerprint density at radius 1 is 0.957 bits per heavy atom. The Morgan fingerprint density at radius 2 is 1.70 bits per heavy atom. The van der Waals surface area contributed by atoms with E-state index in [2.05, 4.69) is 71.6 Å². The summed E-state index contributed by atoms with van der Waals surface area (Å²) in [6.45, 7) is 6.02. The number of aliphatic imine (C=N–C) groups is 1. The van der Waals surface area contributed by atoms with Crippen LogP contribution in [0.4, 0.5) is 0 Å². The van der Waals surface area contributed by atoms with Gasteiger partial charge in [-0.3, -0.25) is 4.99 Å². The van der Waals surface area contributed by atoms with Gasteiger partial charge in [-0.1, -0.05) is 35.9 Å². The highest BCUT2D eigenvalue weighted by Crippen LogP contribution is 2.29. The number of rotatable bonds is 2.